The number of para-hydroxylation sites is 2. The number of imidazole rings is 1. The number of halogens is 1. The van der Waals surface area contributed by atoms with Gasteiger partial charge < -0.3 is 14.6 Å². The lowest BCUT2D eigenvalue weighted by Gasteiger charge is -2.09. The van der Waals surface area contributed by atoms with Crippen molar-refractivity contribution in [2.24, 2.45) is 0 Å². The molecule has 1 aromatic heterocycles. The smallest absolute Gasteiger partial charge is 0.325 e. The van der Waals surface area contributed by atoms with Crippen LogP contribution >= 0.6 is 11.6 Å². The fourth-order valence-corrected chi connectivity index (χ4v) is 2.98. The van der Waals surface area contributed by atoms with Crippen LogP contribution in [0.3, 0.4) is 0 Å². The molecule has 0 aliphatic rings. The van der Waals surface area contributed by atoms with E-state index >= 15 is 0 Å². The van der Waals surface area contributed by atoms with Crippen LogP contribution < -0.4 is 5.32 Å². The number of fused-ring (bicyclic) bond motifs is 1. The molecule has 1 N–H and O–H groups in total. The van der Waals surface area contributed by atoms with Crippen LogP contribution in [0, 0.1) is 0 Å². The summed E-state index contributed by atoms with van der Waals surface area (Å²) in [7, 11) is 1.36. The van der Waals surface area contributed by atoms with Crippen molar-refractivity contribution in [1.82, 2.24) is 14.9 Å². The highest BCUT2D eigenvalue weighted by atomic mass is 35.5. The molecule has 0 unspecified atom stereocenters. The number of nitrogens with one attached hydrogen (secondary N) is 1. The first-order valence-electron chi connectivity index (χ1n) is 8.59. The number of ether oxygens (including phenoxy) is 1. The molecule has 0 bridgehead atoms. The first kappa shape index (κ1) is 18.9. The third kappa shape index (κ3) is 4.86. The summed E-state index contributed by atoms with van der Waals surface area (Å²) in [6, 6.07) is 14.8. The van der Waals surface area contributed by atoms with E-state index in [9.17, 15) is 9.59 Å². The fourth-order valence-electron chi connectivity index (χ4n) is 2.85. The Balaban J connectivity index is 1.64. The molecule has 3 aromatic rings. The Morgan fingerprint density at radius 3 is 2.63 bits per heavy atom. The van der Waals surface area contributed by atoms with Gasteiger partial charge in [0.15, 0.2) is 0 Å². The number of carbonyl (C=O) groups is 2. The Kier molecular flexibility index (Phi) is 6.08. The number of nitrogens with zero attached hydrogens (tertiary/aromatic N) is 2. The lowest BCUT2D eigenvalue weighted by atomic mass is 10.1. The van der Waals surface area contributed by atoms with Gasteiger partial charge in [0.2, 0.25) is 5.91 Å². The largest absolute Gasteiger partial charge is 0.468 e. The monoisotopic (exact) mass is 385 g/mol. The normalized spacial score (nSPS) is 10.7. The van der Waals surface area contributed by atoms with E-state index in [1.807, 2.05) is 41.0 Å². The van der Waals surface area contributed by atoms with Crippen LogP contribution in [0.25, 0.3) is 11.0 Å². The zero-order valence-corrected chi connectivity index (χ0v) is 15.7. The number of amides is 1. The summed E-state index contributed by atoms with van der Waals surface area (Å²) >= 11 is 5.85. The van der Waals surface area contributed by atoms with Gasteiger partial charge in [-0.25, -0.2) is 4.98 Å². The average Bonchev–Trinajstić information content (AvgIpc) is 3.01. The highest BCUT2D eigenvalue weighted by Crippen LogP contribution is 2.16. The van der Waals surface area contributed by atoms with Crippen molar-refractivity contribution in [3.05, 3.63) is 64.9 Å². The van der Waals surface area contributed by atoms with E-state index in [0.717, 1.165) is 22.4 Å². The van der Waals surface area contributed by atoms with Crippen molar-refractivity contribution in [3.8, 4) is 0 Å². The molecule has 0 aliphatic carbocycles. The molecule has 0 fully saturated rings. The minimum absolute atomic E-state index is 0.0760. The number of aromatic nitrogens is 2. The highest BCUT2D eigenvalue weighted by molar-refractivity contribution is 6.30. The Morgan fingerprint density at radius 2 is 1.89 bits per heavy atom. The van der Waals surface area contributed by atoms with E-state index < -0.39 is 0 Å². The fraction of sp³-hybridized carbons (Fsp3) is 0.250. The molecule has 0 saturated heterocycles. The quantitative estimate of drug-likeness (QED) is 0.635. The Morgan fingerprint density at radius 1 is 1.15 bits per heavy atom. The second-order valence-electron chi connectivity index (χ2n) is 6.08. The Labute approximate surface area is 162 Å². The number of rotatable bonds is 7. The van der Waals surface area contributed by atoms with Gasteiger partial charge in [0, 0.05) is 18.0 Å². The van der Waals surface area contributed by atoms with Crippen molar-refractivity contribution in [3.63, 3.8) is 0 Å². The molecule has 0 radical (unpaired) electrons. The van der Waals surface area contributed by atoms with Crippen molar-refractivity contribution >= 4 is 34.5 Å². The summed E-state index contributed by atoms with van der Waals surface area (Å²) in [5.41, 5.74) is 2.57. The van der Waals surface area contributed by atoms with Gasteiger partial charge in [-0.3, -0.25) is 9.59 Å². The Hall–Kier alpha value is -2.86. The maximum absolute atomic E-state index is 12.1. The van der Waals surface area contributed by atoms with E-state index in [4.69, 9.17) is 16.3 Å². The third-order valence-corrected chi connectivity index (χ3v) is 4.45. The van der Waals surface area contributed by atoms with Gasteiger partial charge in [0.1, 0.15) is 12.4 Å². The standard InChI is InChI=1S/C20H20ClN3O3/c1-27-20(26)13-24-17-5-3-2-4-16(17)23-18(24)10-11-22-19(25)12-14-6-8-15(21)9-7-14/h2-9H,10-13H2,1H3,(H,22,25). The topological polar surface area (TPSA) is 73.2 Å². The van der Waals surface area contributed by atoms with Crippen molar-refractivity contribution in [2.75, 3.05) is 13.7 Å². The summed E-state index contributed by atoms with van der Waals surface area (Å²) in [4.78, 5) is 28.4. The van der Waals surface area contributed by atoms with Crippen molar-refractivity contribution in [1.29, 1.82) is 0 Å². The SMILES string of the molecule is COC(=O)Cn1c(CCNC(=O)Cc2ccc(Cl)cc2)nc2ccccc21. The van der Waals surface area contributed by atoms with Crippen molar-refractivity contribution in [2.45, 2.75) is 19.4 Å². The minimum atomic E-state index is -0.342. The molecule has 7 heteroatoms. The number of hydrogen-bond acceptors (Lipinski definition) is 4. The molecule has 1 amide bonds. The van der Waals surface area contributed by atoms with Crippen molar-refractivity contribution < 1.29 is 14.3 Å². The van der Waals surface area contributed by atoms with Crippen LogP contribution in [0.2, 0.25) is 5.02 Å². The van der Waals surface area contributed by atoms with E-state index in [1.165, 1.54) is 7.11 Å². The number of methoxy groups -OCH3 is 1. The number of carbonyl (C=O) groups excluding carboxylic acids is 2. The molecule has 0 aliphatic heterocycles. The van der Waals surface area contributed by atoms with Crippen LogP contribution in [0.15, 0.2) is 48.5 Å². The molecular formula is C20H20ClN3O3. The molecule has 0 atom stereocenters. The summed E-state index contributed by atoms with van der Waals surface area (Å²) in [6.45, 7) is 0.516. The first-order chi connectivity index (χ1) is 13.1. The lowest BCUT2D eigenvalue weighted by molar-refractivity contribution is -0.141. The summed E-state index contributed by atoms with van der Waals surface area (Å²) in [5.74, 6) is 0.313. The van der Waals surface area contributed by atoms with E-state index in [0.29, 0.717) is 18.0 Å². The number of hydrogen-bond donors (Lipinski definition) is 1. The number of esters is 1. The maximum atomic E-state index is 12.1. The highest BCUT2D eigenvalue weighted by Gasteiger charge is 2.14. The molecule has 6 nitrogen and oxygen atoms in total. The van der Waals surface area contributed by atoms with Gasteiger partial charge in [-0.1, -0.05) is 35.9 Å². The molecule has 27 heavy (non-hydrogen) atoms. The third-order valence-electron chi connectivity index (χ3n) is 4.20. The van der Waals surface area contributed by atoms with Gasteiger partial charge in [-0.15, -0.1) is 0 Å². The first-order valence-corrected chi connectivity index (χ1v) is 8.96. The van der Waals surface area contributed by atoms with Gasteiger partial charge in [0.05, 0.1) is 24.6 Å². The molecule has 0 saturated carbocycles. The lowest BCUT2D eigenvalue weighted by Crippen LogP contribution is -2.28. The van der Waals surface area contributed by atoms with Gasteiger partial charge in [-0.05, 0) is 29.8 Å². The number of benzene rings is 2. The summed E-state index contributed by atoms with van der Waals surface area (Å²) in [6.07, 6.45) is 0.799. The maximum Gasteiger partial charge on any atom is 0.325 e. The van der Waals surface area contributed by atoms with Crippen LogP contribution in [0.1, 0.15) is 11.4 Å². The van der Waals surface area contributed by atoms with Gasteiger partial charge >= 0.3 is 5.97 Å². The van der Waals surface area contributed by atoms with E-state index in [2.05, 4.69) is 10.3 Å². The molecular weight excluding hydrogens is 366 g/mol. The molecule has 2 aromatic carbocycles. The van der Waals surface area contributed by atoms with Crippen LogP contribution in [-0.2, 0) is 33.7 Å². The van der Waals surface area contributed by atoms with Gasteiger partial charge in [-0.2, -0.15) is 0 Å². The van der Waals surface area contributed by atoms with Gasteiger partial charge in [0.25, 0.3) is 0 Å². The molecule has 3 rings (SSSR count). The minimum Gasteiger partial charge on any atom is -0.468 e. The zero-order chi connectivity index (χ0) is 19.2. The van der Waals surface area contributed by atoms with Crippen LogP contribution in [0.4, 0.5) is 0 Å². The summed E-state index contributed by atoms with van der Waals surface area (Å²) in [5, 5.41) is 3.53. The van der Waals surface area contributed by atoms with Crippen LogP contribution in [0.5, 0.6) is 0 Å². The molecule has 0 spiro atoms. The predicted octanol–water partition coefficient (Wildman–Crippen LogP) is 2.76. The van der Waals surface area contributed by atoms with E-state index in [-0.39, 0.29) is 24.8 Å². The average molecular weight is 386 g/mol. The second-order valence-corrected chi connectivity index (χ2v) is 6.52. The zero-order valence-electron chi connectivity index (χ0n) is 14.9. The summed E-state index contributed by atoms with van der Waals surface area (Å²) < 4.78 is 6.60. The van der Waals surface area contributed by atoms with E-state index in [1.54, 1.807) is 12.1 Å². The van der Waals surface area contributed by atoms with Crippen LogP contribution in [-0.4, -0.2) is 35.1 Å². The second kappa shape index (κ2) is 8.68. The molecule has 1 heterocycles. The predicted molar refractivity (Wildman–Crippen MR) is 104 cm³/mol. The molecule has 140 valence electrons. The Bertz CT molecular complexity index is 951.